The van der Waals surface area contributed by atoms with E-state index in [1.54, 1.807) is 0 Å². The number of furan rings is 1. The first-order chi connectivity index (χ1) is 25.5. The van der Waals surface area contributed by atoms with Gasteiger partial charge >= 0.3 is 0 Å². The number of benzene rings is 8. The average molecular weight is 685 g/mol. The lowest BCUT2D eigenvalue weighted by Crippen LogP contribution is -2.10. The van der Waals surface area contributed by atoms with Crippen LogP contribution in [0.25, 0.3) is 88.0 Å². The summed E-state index contributed by atoms with van der Waals surface area (Å²) in [6.07, 6.45) is 0. The van der Waals surface area contributed by atoms with Gasteiger partial charge in [0.05, 0.1) is 0 Å². The summed E-state index contributed by atoms with van der Waals surface area (Å²) in [6, 6.07) is 58.3. The summed E-state index contributed by atoms with van der Waals surface area (Å²) in [4.78, 5) is 0. The molecule has 0 bridgehead atoms. The third kappa shape index (κ3) is 5.82. The van der Waals surface area contributed by atoms with Crippen molar-refractivity contribution in [3.63, 3.8) is 0 Å². The first-order valence-electron chi connectivity index (χ1n) is 18.8. The average Bonchev–Trinajstić information content (AvgIpc) is 3.54. The number of fused-ring (bicyclic) bond motifs is 5. The Labute approximate surface area is 312 Å². The number of hydrogen-bond donors (Lipinski definition) is 0. The van der Waals surface area contributed by atoms with Crippen molar-refractivity contribution in [1.29, 1.82) is 0 Å². The van der Waals surface area contributed by atoms with E-state index in [1.165, 1.54) is 77.2 Å². The Hall–Kier alpha value is -5.92. The summed E-state index contributed by atoms with van der Waals surface area (Å²) in [6.45, 7) is 13.7. The lowest BCUT2D eigenvalue weighted by molar-refractivity contribution is 0.590. The van der Waals surface area contributed by atoms with E-state index in [0.29, 0.717) is 0 Å². The van der Waals surface area contributed by atoms with Crippen LogP contribution >= 0.6 is 0 Å². The van der Waals surface area contributed by atoms with Gasteiger partial charge in [-0.1, -0.05) is 169 Å². The van der Waals surface area contributed by atoms with Crippen LogP contribution in [0.5, 0.6) is 0 Å². The quantitative estimate of drug-likeness (QED) is 0.168. The maximum absolute atomic E-state index is 6.14. The normalized spacial score (nSPS) is 12.3. The fourth-order valence-corrected chi connectivity index (χ4v) is 8.04. The van der Waals surface area contributed by atoms with Gasteiger partial charge in [-0.3, -0.25) is 0 Å². The molecule has 8 aromatic carbocycles. The first-order valence-corrected chi connectivity index (χ1v) is 18.8. The third-order valence-electron chi connectivity index (χ3n) is 11.0. The Bertz CT molecular complexity index is 2820. The van der Waals surface area contributed by atoms with Gasteiger partial charge in [0.25, 0.3) is 0 Å². The summed E-state index contributed by atoms with van der Waals surface area (Å²) >= 11 is 0. The van der Waals surface area contributed by atoms with Crippen molar-refractivity contribution in [2.45, 2.75) is 52.4 Å². The molecule has 53 heavy (non-hydrogen) atoms. The van der Waals surface area contributed by atoms with E-state index in [4.69, 9.17) is 4.42 Å². The van der Waals surface area contributed by atoms with Crippen LogP contribution in [0.4, 0.5) is 0 Å². The molecule has 1 heterocycles. The lowest BCUT2D eigenvalue weighted by atomic mass is 9.82. The van der Waals surface area contributed by atoms with Crippen molar-refractivity contribution >= 4 is 43.5 Å². The summed E-state index contributed by atoms with van der Waals surface area (Å²) in [5.41, 5.74) is 14.5. The predicted octanol–water partition coefficient (Wildman–Crippen LogP) is 15.2. The Morgan fingerprint density at radius 3 is 1.28 bits per heavy atom. The molecule has 0 aliphatic rings. The van der Waals surface area contributed by atoms with Crippen molar-refractivity contribution in [3.05, 3.63) is 169 Å². The zero-order valence-corrected chi connectivity index (χ0v) is 31.4. The largest absolute Gasteiger partial charge is 0.456 e. The SMILES string of the molecule is CC(C)(C)c1ccc(-c2c3ccccc3c(-c3ccc(C(C)(C)C)cc3)c3cc(-c4cccc(-c5ccc6oc7ccccc7c6c5)c4)ccc23)cc1. The topological polar surface area (TPSA) is 13.1 Å². The Kier molecular flexibility index (Phi) is 7.68. The molecule has 0 amide bonds. The van der Waals surface area contributed by atoms with Gasteiger partial charge in [-0.25, -0.2) is 0 Å². The zero-order chi connectivity index (χ0) is 36.5. The van der Waals surface area contributed by atoms with E-state index >= 15 is 0 Å². The van der Waals surface area contributed by atoms with Gasteiger partial charge in [0.15, 0.2) is 0 Å². The van der Waals surface area contributed by atoms with Crippen LogP contribution < -0.4 is 0 Å². The molecule has 0 saturated carbocycles. The van der Waals surface area contributed by atoms with Crippen LogP contribution in [0, 0.1) is 0 Å². The van der Waals surface area contributed by atoms with Crippen LogP contribution in [0.15, 0.2) is 162 Å². The summed E-state index contributed by atoms with van der Waals surface area (Å²) in [5.74, 6) is 0. The van der Waals surface area contributed by atoms with Crippen LogP contribution in [0.1, 0.15) is 52.7 Å². The number of hydrogen-bond acceptors (Lipinski definition) is 1. The molecule has 0 saturated heterocycles. The second kappa shape index (κ2) is 12.3. The molecule has 1 heteroatoms. The molecule has 9 rings (SSSR count). The maximum Gasteiger partial charge on any atom is 0.135 e. The molecule has 1 aromatic heterocycles. The molecule has 0 aliphatic heterocycles. The molecule has 0 atom stereocenters. The second-order valence-electron chi connectivity index (χ2n) is 16.6. The summed E-state index contributed by atoms with van der Waals surface area (Å²) in [7, 11) is 0. The molecule has 0 fully saturated rings. The van der Waals surface area contributed by atoms with E-state index in [1.807, 2.05) is 12.1 Å². The molecule has 9 aromatic rings. The molecule has 0 radical (unpaired) electrons. The fourth-order valence-electron chi connectivity index (χ4n) is 8.04. The minimum atomic E-state index is 0.0825. The van der Waals surface area contributed by atoms with Gasteiger partial charge in [0.2, 0.25) is 0 Å². The van der Waals surface area contributed by atoms with Gasteiger partial charge in [0, 0.05) is 10.8 Å². The van der Waals surface area contributed by atoms with E-state index < -0.39 is 0 Å². The van der Waals surface area contributed by atoms with E-state index in [0.717, 1.165) is 21.9 Å². The lowest BCUT2D eigenvalue weighted by Gasteiger charge is -2.22. The van der Waals surface area contributed by atoms with Crippen LogP contribution in [0.2, 0.25) is 0 Å². The van der Waals surface area contributed by atoms with Crippen molar-refractivity contribution in [2.24, 2.45) is 0 Å². The standard InChI is InChI=1S/C52H44O/c1-51(2,3)39-24-18-33(19-25-39)49-42-15-7-8-16-43(42)50(34-20-26-40(27-21-34)52(4,5)6)46-32-37(22-28-44(46)49)35-12-11-13-36(30-35)38-23-29-48-45(31-38)41-14-9-10-17-47(41)53-48/h7-32H,1-6H3. The Balaban J connectivity index is 1.26. The van der Waals surface area contributed by atoms with Gasteiger partial charge in [0.1, 0.15) is 11.2 Å². The summed E-state index contributed by atoms with van der Waals surface area (Å²) < 4.78 is 6.14. The molecule has 0 aliphatic carbocycles. The minimum Gasteiger partial charge on any atom is -0.456 e. The fraction of sp³-hybridized carbons (Fsp3) is 0.154. The molecule has 0 N–H and O–H groups in total. The predicted molar refractivity (Wildman–Crippen MR) is 228 cm³/mol. The molecule has 0 spiro atoms. The van der Waals surface area contributed by atoms with E-state index in [2.05, 4.69) is 187 Å². The highest BCUT2D eigenvalue weighted by atomic mass is 16.3. The monoisotopic (exact) mass is 684 g/mol. The maximum atomic E-state index is 6.14. The minimum absolute atomic E-state index is 0.0825. The molecular formula is C52H44O. The Morgan fingerprint density at radius 1 is 0.302 bits per heavy atom. The van der Waals surface area contributed by atoms with E-state index in [-0.39, 0.29) is 10.8 Å². The van der Waals surface area contributed by atoms with Gasteiger partial charge < -0.3 is 4.42 Å². The van der Waals surface area contributed by atoms with Gasteiger partial charge in [-0.15, -0.1) is 0 Å². The van der Waals surface area contributed by atoms with E-state index in [9.17, 15) is 0 Å². The van der Waals surface area contributed by atoms with Crippen LogP contribution in [-0.4, -0.2) is 0 Å². The van der Waals surface area contributed by atoms with Crippen LogP contribution in [-0.2, 0) is 10.8 Å². The highest BCUT2D eigenvalue weighted by molar-refractivity contribution is 6.22. The number of rotatable bonds is 4. The van der Waals surface area contributed by atoms with Crippen molar-refractivity contribution in [3.8, 4) is 44.5 Å². The first kappa shape index (κ1) is 33.0. The zero-order valence-electron chi connectivity index (χ0n) is 31.4. The smallest absolute Gasteiger partial charge is 0.135 e. The third-order valence-corrected chi connectivity index (χ3v) is 11.0. The molecule has 0 unspecified atom stereocenters. The molecule has 1 nitrogen and oxygen atoms in total. The summed E-state index contributed by atoms with van der Waals surface area (Å²) in [5, 5.41) is 7.36. The highest BCUT2D eigenvalue weighted by Crippen LogP contribution is 2.46. The van der Waals surface area contributed by atoms with Crippen molar-refractivity contribution < 1.29 is 4.42 Å². The van der Waals surface area contributed by atoms with Crippen molar-refractivity contribution in [1.82, 2.24) is 0 Å². The Morgan fingerprint density at radius 2 is 0.717 bits per heavy atom. The van der Waals surface area contributed by atoms with Crippen molar-refractivity contribution in [2.75, 3.05) is 0 Å². The van der Waals surface area contributed by atoms with Gasteiger partial charge in [-0.2, -0.15) is 0 Å². The number of para-hydroxylation sites is 1. The second-order valence-corrected chi connectivity index (χ2v) is 16.6. The molecule has 258 valence electrons. The van der Waals surface area contributed by atoms with Gasteiger partial charge in [-0.05, 0) is 118 Å². The molecular weight excluding hydrogens is 641 g/mol. The van der Waals surface area contributed by atoms with Crippen LogP contribution in [0.3, 0.4) is 0 Å². The highest BCUT2D eigenvalue weighted by Gasteiger charge is 2.20.